The lowest BCUT2D eigenvalue weighted by Gasteiger charge is -2.14. The van der Waals surface area contributed by atoms with Crippen molar-refractivity contribution >= 4 is 22.8 Å². The molecule has 0 radical (unpaired) electrons. The molecule has 1 aromatic carbocycles. The van der Waals surface area contributed by atoms with Gasteiger partial charge in [-0.25, -0.2) is 4.79 Å². The molecule has 2 N–H and O–H groups in total. The van der Waals surface area contributed by atoms with E-state index in [1.807, 2.05) is 33.8 Å². The number of ether oxygens (including phenoxy) is 1. The van der Waals surface area contributed by atoms with Crippen molar-refractivity contribution in [2.24, 2.45) is 0 Å². The van der Waals surface area contributed by atoms with E-state index in [-0.39, 0.29) is 18.6 Å². The van der Waals surface area contributed by atoms with Crippen molar-refractivity contribution in [1.29, 1.82) is 0 Å². The third kappa shape index (κ3) is 4.12. The zero-order valence-electron chi connectivity index (χ0n) is 14.2. The van der Waals surface area contributed by atoms with Crippen LogP contribution in [-0.4, -0.2) is 29.5 Å². The van der Waals surface area contributed by atoms with Crippen LogP contribution in [0.3, 0.4) is 0 Å². The highest BCUT2D eigenvalue weighted by molar-refractivity contribution is 5.96. The van der Waals surface area contributed by atoms with Crippen LogP contribution < -0.4 is 5.32 Å². The van der Waals surface area contributed by atoms with Crippen LogP contribution in [0.5, 0.6) is 0 Å². The molecule has 23 heavy (non-hydrogen) atoms. The summed E-state index contributed by atoms with van der Waals surface area (Å²) in [6, 6.07) is 5.94. The van der Waals surface area contributed by atoms with Gasteiger partial charge in [0, 0.05) is 16.9 Å². The highest BCUT2D eigenvalue weighted by atomic mass is 16.5. The van der Waals surface area contributed by atoms with Gasteiger partial charge in [0.05, 0.1) is 0 Å². The van der Waals surface area contributed by atoms with Crippen molar-refractivity contribution in [1.82, 2.24) is 10.3 Å². The van der Waals surface area contributed by atoms with Crippen molar-refractivity contribution in [3.63, 3.8) is 0 Å². The lowest BCUT2D eigenvalue weighted by atomic mass is 10.1. The number of aromatic nitrogens is 1. The van der Waals surface area contributed by atoms with E-state index in [0.717, 1.165) is 34.9 Å². The second-order valence-corrected chi connectivity index (χ2v) is 5.88. The Morgan fingerprint density at radius 2 is 1.87 bits per heavy atom. The first-order valence-electron chi connectivity index (χ1n) is 8.01. The molecule has 0 fully saturated rings. The molecule has 0 atom stereocenters. The maximum atomic E-state index is 12.1. The van der Waals surface area contributed by atoms with E-state index in [9.17, 15) is 9.59 Å². The molecule has 5 heteroatoms. The lowest BCUT2D eigenvalue weighted by Crippen LogP contribution is -2.36. The summed E-state index contributed by atoms with van der Waals surface area (Å²) in [7, 11) is 0. The Hall–Kier alpha value is -2.30. The average Bonchev–Trinajstić information content (AvgIpc) is 2.94. The predicted octanol–water partition coefficient (Wildman–Crippen LogP) is 3.25. The topological polar surface area (TPSA) is 71.2 Å². The van der Waals surface area contributed by atoms with E-state index in [1.54, 1.807) is 6.07 Å². The number of hydrogen-bond acceptors (Lipinski definition) is 3. The van der Waals surface area contributed by atoms with Gasteiger partial charge in [0.1, 0.15) is 5.69 Å². The minimum atomic E-state index is -0.516. The number of esters is 1. The summed E-state index contributed by atoms with van der Waals surface area (Å²) in [6.45, 7) is 7.77. The molecule has 0 bridgehead atoms. The first-order chi connectivity index (χ1) is 10.9. The molecule has 0 unspecified atom stereocenters. The fourth-order valence-electron chi connectivity index (χ4n) is 2.68. The Morgan fingerprint density at radius 3 is 2.52 bits per heavy atom. The van der Waals surface area contributed by atoms with Crippen LogP contribution in [0.2, 0.25) is 0 Å². The first-order valence-corrected chi connectivity index (χ1v) is 8.01. The predicted molar refractivity (Wildman–Crippen MR) is 90.6 cm³/mol. The van der Waals surface area contributed by atoms with E-state index < -0.39 is 5.97 Å². The first kappa shape index (κ1) is 17.1. The van der Waals surface area contributed by atoms with E-state index >= 15 is 0 Å². The average molecular weight is 316 g/mol. The monoisotopic (exact) mass is 316 g/mol. The molecule has 0 aliphatic heterocycles. The summed E-state index contributed by atoms with van der Waals surface area (Å²) in [5, 5.41) is 3.83. The molecular weight excluding hydrogens is 292 g/mol. The number of amides is 1. The second-order valence-electron chi connectivity index (χ2n) is 5.88. The smallest absolute Gasteiger partial charge is 0.355 e. The summed E-state index contributed by atoms with van der Waals surface area (Å²) in [5.41, 5.74) is 3.49. The van der Waals surface area contributed by atoms with Crippen molar-refractivity contribution in [2.75, 3.05) is 6.61 Å². The summed E-state index contributed by atoms with van der Waals surface area (Å²) in [6.07, 6.45) is 1.72. The molecule has 2 rings (SSSR count). The molecule has 0 spiro atoms. The third-order valence-corrected chi connectivity index (χ3v) is 3.99. The zero-order valence-corrected chi connectivity index (χ0v) is 14.2. The van der Waals surface area contributed by atoms with Gasteiger partial charge in [0.15, 0.2) is 6.61 Å². The van der Waals surface area contributed by atoms with Gasteiger partial charge in [-0.05, 0) is 49.9 Å². The molecule has 0 aliphatic rings. The van der Waals surface area contributed by atoms with Gasteiger partial charge in [0.25, 0.3) is 5.91 Å². The fraction of sp³-hybridized carbons (Fsp3) is 0.444. The Kier molecular flexibility index (Phi) is 5.42. The number of rotatable bonds is 6. The normalized spacial score (nSPS) is 11.0. The van der Waals surface area contributed by atoms with Crippen LogP contribution in [0, 0.1) is 13.8 Å². The van der Waals surface area contributed by atoms with Gasteiger partial charge in [0.2, 0.25) is 0 Å². The van der Waals surface area contributed by atoms with Gasteiger partial charge >= 0.3 is 5.97 Å². The largest absolute Gasteiger partial charge is 0.451 e. The number of hydrogen-bond donors (Lipinski definition) is 2. The number of fused-ring (bicyclic) bond motifs is 1. The van der Waals surface area contributed by atoms with E-state index in [2.05, 4.69) is 16.4 Å². The standard InChI is InChI=1S/C18H24N2O3/c1-5-13(6-2)19-17(21)10-23-18(22)16-9-14-12(4)7-11(3)8-15(14)20-16/h7-9,13,20H,5-6,10H2,1-4H3,(H,19,21). The van der Waals surface area contributed by atoms with Crippen molar-refractivity contribution in [3.05, 3.63) is 35.0 Å². The number of aryl methyl sites for hydroxylation is 2. The molecule has 2 aromatic rings. The fourth-order valence-corrected chi connectivity index (χ4v) is 2.68. The molecule has 1 amide bonds. The van der Waals surface area contributed by atoms with Crippen LogP contribution in [0.15, 0.2) is 18.2 Å². The lowest BCUT2D eigenvalue weighted by molar-refractivity contribution is -0.125. The summed E-state index contributed by atoms with van der Waals surface area (Å²) in [4.78, 5) is 26.9. The molecule has 1 heterocycles. The zero-order chi connectivity index (χ0) is 17.0. The van der Waals surface area contributed by atoms with Gasteiger partial charge in [-0.3, -0.25) is 4.79 Å². The Balaban J connectivity index is 2.01. The van der Waals surface area contributed by atoms with Crippen molar-refractivity contribution in [3.8, 4) is 0 Å². The van der Waals surface area contributed by atoms with Gasteiger partial charge in [-0.1, -0.05) is 19.9 Å². The number of aromatic amines is 1. The van der Waals surface area contributed by atoms with Crippen LogP contribution in [-0.2, 0) is 9.53 Å². The Morgan fingerprint density at radius 1 is 1.17 bits per heavy atom. The van der Waals surface area contributed by atoms with Crippen LogP contribution in [0.1, 0.15) is 48.3 Å². The van der Waals surface area contributed by atoms with E-state index in [1.165, 1.54) is 0 Å². The quantitative estimate of drug-likeness (QED) is 0.804. The number of H-pyrrole nitrogens is 1. The van der Waals surface area contributed by atoms with Gasteiger partial charge < -0.3 is 15.0 Å². The number of carbonyl (C=O) groups excluding carboxylic acids is 2. The van der Waals surface area contributed by atoms with E-state index in [4.69, 9.17) is 4.74 Å². The minimum absolute atomic E-state index is 0.125. The SMILES string of the molecule is CCC(CC)NC(=O)COC(=O)c1cc2c(C)cc(C)cc2[nH]1. The molecule has 0 saturated carbocycles. The van der Waals surface area contributed by atoms with Crippen molar-refractivity contribution in [2.45, 2.75) is 46.6 Å². The minimum Gasteiger partial charge on any atom is -0.451 e. The third-order valence-electron chi connectivity index (χ3n) is 3.99. The molecule has 124 valence electrons. The highest BCUT2D eigenvalue weighted by Gasteiger charge is 2.15. The van der Waals surface area contributed by atoms with Crippen LogP contribution >= 0.6 is 0 Å². The summed E-state index contributed by atoms with van der Waals surface area (Å²) >= 11 is 0. The molecule has 0 aliphatic carbocycles. The maximum absolute atomic E-state index is 12.1. The Bertz CT molecular complexity index is 714. The molecule has 0 saturated heterocycles. The molecular formula is C18H24N2O3. The van der Waals surface area contributed by atoms with Crippen molar-refractivity contribution < 1.29 is 14.3 Å². The van der Waals surface area contributed by atoms with E-state index in [0.29, 0.717) is 5.69 Å². The van der Waals surface area contributed by atoms with Gasteiger partial charge in [-0.15, -0.1) is 0 Å². The molecule has 1 aromatic heterocycles. The van der Waals surface area contributed by atoms with Crippen LogP contribution in [0.25, 0.3) is 10.9 Å². The summed E-state index contributed by atoms with van der Waals surface area (Å²) in [5.74, 6) is -0.784. The van der Waals surface area contributed by atoms with Gasteiger partial charge in [-0.2, -0.15) is 0 Å². The summed E-state index contributed by atoms with van der Waals surface area (Å²) < 4.78 is 5.10. The second kappa shape index (κ2) is 7.31. The maximum Gasteiger partial charge on any atom is 0.355 e. The molecule has 5 nitrogen and oxygen atoms in total. The highest BCUT2D eigenvalue weighted by Crippen LogP contribution is 2.21. The number of benzene rings is 1. The van der Waals surface area contributed by atoms with Crippen LogP contribution in [0.4, 0.5) is 0 Å². The Labute approximate surface area is 136 Å². The number of nitrogens with one attached hydrogen (secondary N) is 2. The number of carbonyl (C=O) groups is 2.